The van der Waals surface area contributed by atoms with Crippen molar-refractivity contribution in [3.05, 3.63) is 179 Å². The minimum absolute atomic E-state index is 0.0316. The third kappa shape index (κ3) is 18.8. The van der Waals surface area contributed by atoms with Gasteiger partial charge in [0.25, 0.3) is 35.4 Å². The van der Waals surface area contributed by atoms with E-state index >= 15 is 0 Å². The van der Waals surface area contributed by atoms with E-state index in [-0.39, 0.29) is 72.9 Å². The molecular formula is C73H79N15O12. The number of benzene rings is 6. The fourth-order valence-corrected chi connectivity index (χ4v) is 11.4. The standard InChI is InChI=1S/C73H79N15O12/c1-43-40-61(89)86(83-43)55-31-19-49(20-32-55)65(92)71(98)80-58(10-4-7-37-74)68(95)77-52-25-13-46(14-26-52)64(47-15-27-53(28-16-47)78-69(96)59(11-5-8-38-75)81-72(99)66(93)50-21-33-56(34-22-50)87-62(90)41-44(2)84-87)48-17-29-54(30-18-48)79-70(97)60(12-6-9-39-76)82-73(100)67(94)51-23-35-57(36-24-51)88-63(91)42-45(3)85-88/h13-36,58-60,64H,4-12,37-42,74-76H2,1-3H3,(H,77,95)(H,78,96)(H,79,97)(H,80,98)(H,81,99)(H,82,100)/t58-,59-,60-/m1/s1. The van der Waals surface area contributed by atoms with E-state index in [2.05, 4.69) is 47.2 Å². The maximum absolute atomic E-state index is 14.1. The minimum Gasteiger partial charge on any atom is -0.337 e. The van der Waals surface area contributed by atoms with Crippen molar-refractivity contribution in [3.63, 3.8) is 0 Å². The fourth-order valence-electron chi connectivity index (χ4n) is 11.4. The number of nitrogens with one attached hydrogen (secondary N) is 6. The van der Waals surface area contributed by atoms with Crippen LogP contribution in [0.15, 0.2) is 161 Å². The van der Waals surface area contributed by atoms with Crippen LogP contribution in [0.1, 0.15) is 152 Å². The Balaban J connectivity index is 0.926. The third-order valence-corrected chi connectivity index (χ3v) is 16.7. The summed E-state index contributed by atoms with van der Waals surface area (Å²) in [5, 5.41) is 32.7. The van der Waals surface area contributed by atoms with Gasteiger partial charge in [-0.1, -0.05) is 36.4 Å². The molecule has 27 heteroatoms. The molecule has 0 unspecified atom stereocenters. The van der Waals surface area contributed by atoms with E-state index in [1.165, 1.54) is 87.8 Å². The summed E-state index contributed by atoms with van der Waals surface area (Å²) in [6.45, 7) is 6.15. The number of hydrazone groups is 3. The van der Waals surface area contributed by atoms with Gasteiger partial charge < -0.3 is 49.1 Å². The molecule has 0 saturated heterocycles. The summed E-state index contributed by atoms with van der Waals surface area (Å²) in [5.41, 5.74) is 23.8. The molecule has 0 saturated carbocycles. The molecule has 9 rings (SSSR count). The number of hydrogen-bond donors (Lipinski definition) is 9. The van der Waals surface area contributed by atoms with Crippen LogP contribution in [0.2, 0.25) is 0 Å². The molecule has 0 aromatic heterocycles. The van der Waals surface area contributed by atoms with Crippen LogP contribution in [-0.2, 0) is 43.2 Å². The van der Waals surface area contributed by atoms with Crippen LogP contribution >= 0.6 is 0 Å². The Labute approximate surface area is 576 Å². The molecule has 9 amide bonds. The first-order chi connectivity index (χ1) is 48.1. The summed E-state index contributed by atoms with van der Waals surface area (Å²) in [7, 11) is 0. The van der Waals surface area contributed by atoms with E-state index in [1.807, 2.05) is 0 Å². The second kappa shape index (κ2) is 34.1. The van der Waals surface area contributed by atoms with Crippen molar-refractivity contribution in [3.8, 4) is 0 Å². The molecule has 0 fully saturated rings. The molecule has 0 aliphatic carbocycles. The average molecular weight is 1360 g/mol. The number of Topliss-reactive ketones (excluding diaryl/α,β-unsaturated/α-hetero) is 3. The summed E-state index contributed by atoms with van der Waals surface area (Å²) in [6, 6.07) is 34.7. The van der Waals surface area contributed by atoms with Gasteiger partial charge in [0.15, 0.2) is 0 Å². The van der Waals surface area contributed by atoms with Gasteiger partial charge in [-0.05, 0) is 224 Å². The van der Waals surface area contributed by atoms with E-state index in [0.29, 0.717) is 126 Å². The number of nitrogens with two attached hydrogens (primary N) is 3. The van der Waals surface area contributed by atoms with Gasteiger partial charge in [0.1, 0.15) is 18.1 Å². The predicted octanol–water partition coefficient (Wildman–Crippen LogP) is 6.51. The quantitative estimate of drug-likeness (QED) is 0.00917. The highest BCUT2D eigenvalue weighted by molar-refractivity contribution is 6.44. The average Bonchev–Trinajstić information content (AvgIpc) is 1.04. The van der Waals surface area contributed by atoms with Gasteiger partial charge in [0, 0.05) is 56.8 Å². The largest absolute Gasteiger partial charge is 0.337 e. The Hall–Kier alpha value is -11.6. The number of anilines is 6. The van der Waals surface area contributed by atoms with Gasteiger partial charge in [-0.15, -0.1) is 0 Å². The van der Waals surface area contributed by atoms with Crippen molar-refractivity contribution in [2.24, 2.45) is 32.5 Å². The van der Waals surface area contributed by atoms with Gasteiger partial charge in [-0.25, -0.2) is 15.0 Å². The van der Waals surface area contributed by atoms with E-state index in [4.69, 9.17) is 17.2 Å². The monoisotopic (exact) mass is 1360 g/mol. The third-order valence-electron chi connectivity index (χ3n) is 16.7. The second-order valence-electron chi connectivity index (χ2n) is 24.5. The highest BCUT2D eigenvalue weighted by Gasteiger charge is 2.32. The molecule has 3 aliphatic heterocycles. The first-order valence-corrected chi connectivity index (χ1v) is 32.9. The molecule has 518 valence electrons. The van der Waals surface area contributed by atoms with E-state index in [9.17, 15) is 57.5 Å². The predicted molar refractivity (Wildman–Crippen MR) is 379 cm³/mol. The maximum Gasteiger partial charge on any atom is 0.293 e. The summed E-state index contributed by atoms with van der Waals surface area (Å²) < 4.78 is 0. The van der Waals surface area contributed by atoms with E-state index in [1.54, 1.807) is 93.6 Å². The minimum atomic E-state index is -1.15. The second-order valence-corrected chi connectivity index (χ2v) is 24.5. The van der Waals surface area contributed by atoms with Gasteiger partial charge in [0.05, 0.1) is 36.3 Å². The zero-order chi connectivity index (χ0) is 71.6. The van der Waals surface area contributed by atoms with Crippen molar-refractivity contribution < 1.29 is 57.5 Å². The van der Waals surface area contributed by atoms with Crippen LogP contribution in [-0.4, -0.2) is 125 Å². The summed E-state index contributed by atoms with van der Waals surface area (Å²) in [5.74, 6) is -8.82. The molecule has 100 heavy (non-hydrogen) atoms. The summed E-state index contributed by atoms with van der Waals surface area (Å²) in [4.78, 5) is 160. The van der Waals surface area contributed by atoms with Gasteiger partial charge in [-0.3, -0.25) is 57.5 Å². The number of amides is 9. The molecule has 3 aliphatic rings. The Morgan fingerprint density at radius 1 is 0.360 bits per heavy atom. The first kappa shape index (κ1) is 72.7. The van der Waals surface area contributed by atoms with Crippen LogP contribution < -0.4 is 64.1 Å². The maximum atomic E-state index is 14.1. The van der Waals surface area contributed by atoms with Crippen LogP contribution in [0.4, 0.5) is 34.1 Å². The Bertz CT molecular complexity index is 3750. The number of nitrogens with zero attached hydrogens (tertiary/aromatic N) is 6. The topological polar surface area (TPSA) is 402 Å². The highest BCUT2D eigenvalue weighted by Crippen LogP contribution is 2.35. The van der Waals surface area contributed by atoms with Crippen molar-refractivity contribution in [2.45, 2.75) is 122 Å². The number of ketones is 3. The SMILES string of the molecule is CC1=NN(c2ccc(C(=O)C(=O)N[C@H](CCCCN)C(=O)Nc3ccc(C(c4ccc(NC(=O)[C@@H](CCCCN)NC(=O)C(=O)c5ccc(N6N=C(C)CC6=O)cc5)cc4)c4ccc(NC(=O)[C@@H](CCCCN)NC(=O)C(=O)c5ccc(N6N=C(C)CC6=O)cc5)cc4)cc3)cc2)C(=O)C1. The number of carbonyl (C=O) groups is 12. The fraction of sp³-hybridized carbons (Fsp3) is 0.301. The van der Waals surface area contributed by atoms with Crippen LogP contribution in [0.25, 0.3) is 0 Å². The molecule has 6 aromatic rings. The molecule has 12 N–H and O–H groups in total. The Kier molecular flexibility index (Phi) is 24.8. The van der Waals surface area contributed by atoms with E-state index in [0.717, 1.165) is 0 Å². The molecule has 6 aromatic carbocycles. The zero-order valence-electron chi connectivity index (χ0n) is 55.6. The first-order valence-electron chi connectivity index (χ1n) is 32.9. The van der Waals surface area contributed by atoms with Crippen molar-refractivity contribution in [1.29, 1.82) is 0 Å². The lowest BCUT2D eigenvalue weighted by atomic mass is 9.85. The zero-order valence-corrected chi connectivity index (χ0v) is 55.6. The van der Waals surface area contributed by atoms with Crippen molar-refractivity contribution in [2.75, 3.05) is 50.6 Å². The summed E-state index contributed by atoms with van der Waals surface area (Å²) >= 11 is 0. The number of unbranched alkanes of at least 4 members (excludes halogenated alkanes) is 3. The Morgan fingerprint density at radius 2 is 0.600 bits per heavy atom. The molecule has 3 heterocycles. The number of hydrogen-bond acceptors (Lipinski definition) is 18. The molecule has 27 nitrogen and oxygen atoms in total. The van der Waals surface area contributed by atoms with Gasteiger partial charge in [0.2, 0.25) is 35.1 Å². The number of rotatable bonds is 33. The Morgan fingerprint density at radius 3 is 0.810 bits per heavy atom. The van der Waals surface area contributed by atoms with Crippen molar-refractivity contribution in [1.82, 2.24) is 16.0 Å². The lowest BCUT2D eigenvalue weighted by Crippen LogP contribution is -2.46. The van der Waals surface area contributed by atoms with Crippen LogP contribution in [0, 0.1) is 0 Å². The van der Waals surface area contributed by atoms with Crippen molar-refractivity contribution >= 4 is 122 Å². The lowest BCUT2D eigenvalue weighted by molar-refractivity contribution is -0.124. The highest BCUT2D eigenvalue weighted by atomic mass is 16.2. The van der Waals surface area contributed by atoms with Gasteiger partial charge in [-0.2, -0.15) is 15.3 Å². The normalized spacial score (nSPS) is 14.4. The van der Waals surface area contributed by atoms with Crippen LogP contribution in [0.3, 0.4) is 0 Å². The molecule has 0 bridgehead atoms. The lowest BCUT2D eigenvalue weighted by Gasteiger charge is -2.22. The number of carbonyl (C=O) groups excluding carboxylic acids is 12. The van der Waals surface area contributed by atoms with E-state index < -0.39 is 76.8 Å². The summed E-state index contributed by atoms with van der Waals surface area (Å²) in [6.07, 6.45) is 3.90. The molecule has 3 atom stereocenters. The van der Waals surface area contributed by atoms with Gasteiger partial charge >= 0.3 is 0 Å². The van der Waals surface area contributed by atoms with Crippen LogP contribution in [0.5, 0.6) is 0 Å². The molecule has 0 spiro atoms. The smallest absolute Gasteiger partial charge is 0.293 e. The molecular weight excluding hydrogens is 1280 g/mol. The molecule has 0 radical (unpaired) electrons.